The number of nitrogens with zero attached hydrogens (tertiary/aromatic N) is 5. The van der Waals surface area contributed by atoms with Crippen molar-refractivity contribution in [1.29, 1.82) is 0 Å². The third-order valence-electron chi connectivity index (χ3n) is 4.78. The summed E-state index contributed by atoms with van der Waals surface area (Å²) in [5, 5.41) is 0. The van der Waals surface area contributed by atoms with Crippen molar-refractivity contribution in [2.24, 2.45) is 0 Å². The number of hydrogen-bond donors (Lipinski definition) is 0. The van der Waals surface area contributed by atoms with E-state index >= 15 is 0 Å². The highest BCUT2D eigenvalue weighted by Gasteiger charge is 2.27. The first-order chi connectivity index (χ1) is 12.7. The van der Waals surface area contributed by atoms with Gasteiger partial charge in [0.2, 0.25) is 5.91 Å². The molecule has 0 radical (unpaired) electrons. The van der Waals surface area contributed by atoms with Crippen LogP contribution in [-0.2, 0) is 9.53 Å². The molecule has 136 valence electrons. The SMILES string of the molecule is O=C(CN1CCOC1=O)N1CCCN(c2cnc3ccccc3n2)CC1. The topological polar surface area (TPSA) is 78.9 Å². The van der Waals surface area contributed by atoms with Gasteiger partial charge in [0, 0.05) is 26.2 Å². The number of benzene rings is 1. The molecule has 0 N–H and O–H groups in total. The lowest BCUT2D eigenvalue weighted by Crippen LogP contribution is -2.42. The fraction of sp³-hybridized carbons (Fsp3) is 0.444. The Morgan fingerprint density at radius 1 is 1.08 bits per heavy atom. The number of cyclic esters (lactones) is 1. The lowest BCUT2D eigenvalue weighted by Gasteiger charge is -2.24. The summed E-state index contributed by atoms with van der Waals surface area (Å²) in [5.41, 5.74) is 1.75. The van der Waals surface area contributed by atoms with Crippen molar-refractivity contribution in [3.63, 3.8) is 0 Å². The highest BCUT2D eigenvalue weighted by atomic mass is 16.6. The molecule has 2 fully saturated rings. The summed E-state index contributed by atoms with van der Waals surface area (Å²) in [4.78, 5) is 38.6. The summed E-state index contributed by atoms with van der Waals surface area (Å²) >= 11 is 0. The zero-order chi connectivity index (χ0) is 17.9. The number of rotatable bonds is 3. The van der Waals surface area contributed by atoms with Crippen LogP contribution in [0, 0.1) is 0 Å². The Kier molecular flexibility index (Phi) is 4.55. The molecule has 3 heterocycles. The van der Waals surface area contributed by atoms with Crippen LogP contribution in [0.5, 0.6) is 0 Å². The van der Waals surface area contributed by atoms with E-state index in [1.807, 2.05) is 29.2 Å². The Labute approximate surface area is 151 Å². The van der Waals surface area contributed by atoms with E-state index in [0.29, 0.717) is 32.8 Å². The van der Waals surface area contributed by atoms with Crippen molar-refractivity contribution in [3.05, 3.63) is 30.5 Å². The van der Waals surface area contributed by atoms with Gasteiger partial charge in [-0.1, -0.05) is 12.1 Å². The molecule has 0 spiro atoms. The highest BCUT2D eigenvalue weighted by molar-refractivity contribution is 5.83. The molecule has 0 bridgehead atoms. The lowest BCUT2D eigenvalue weighted by molar-refractivity contribution is -0.131. The van der Waals surface area contributed by atoms with Gasteiger partial charge in [0.1, 0.15) is 19.0 Å². The number of anilines is 1. The molecule has 0 atom stereocenters. The average Bonchev–Trinajstić information content (AvgIpc) is 2.92. The fourth-order valence-electron chi connectivity index (χ4n) is 3.33. The molecule has 2 saturated heterocycles. The highest BCUT2D eigenvalue weighted by Crippen LogP contribution is 2.17. The Bertz CT molecular complexity index is 827. The van der Waals surface area contributed by atoms with Crippen molar-refractivity contribution in [3.8, 4) is 0 Å². The van der Waals surface area contributed by atoms with E-state index in [2.05, 4.69) is 9.88 Å². The summed E-state index contributed by atoms with van der Waals surface area (Å²) in [7, 11) is 0. The second-order valence-electron chi connectivity index (χ2n) is 6.47. The number of ether oxygens (including phenoxy) is 1. The maximum absolute atomic E-state index is 12.5. The molecule has 0 saturated carbocycles. The second-order valence-corrected chi connectivity index (χ2v) is 6.47. The number of para-hydroxylation sites is 2. The van der Waals surface area contributed by atoms with Crippen LogP contribution in [0.4, 0.5) is 10.6 Å². The van der Waals surface area contributed by atoms with Crippen LogP contribution in [-0.4, -0.2) is 77.6 Å². The monoisotopic (exact) mass is 355 g/mol. The Hall–Kier alpha value is -2.90. The van der Waals surface area contributed by atoms with E-state index in [9.17, 15) is 9.59 Å². The number of amides is 2. The van der Waals surface area contributed by atoms with Gasteiger partial charge in [0.25, 0.3) is 0 Å². The van der Waals surface area contributed by atoms with Gasteiger partial charge in [0.15, 0.2) is 0 Å². The van der Waals surface area contributed by atoms with Gasteiger partial charge in [-0.15, -0.1) is 0 Å². The van der Waals surface area contributed by atoms with Gasteiger partial charge in [-0.3, -0.25) is 14.7 Å². The summed E-state index contributed by atoms with van der Waals surface area (Å²) in [6, 6.07) is 7.79. The van der Waals surface area contributed by atoms with E-state index < -0.39 is 6.09 Å². The van der Waals surface area contributed by atoms with E-state index in [4.69, 9.17) is 9.72 Å². The first kappa shape index (κ1) is 16.6. The molecule has 1 aromatic heterocycles. The van der Waals surface area contributed by atoms with Gasteiger partial charge in [-0.2, -0.15) is 0 Å². The zero-order valence-electron chi connectivity index (χ0n) is 14.5. The first-order valence-corrected chi connectivity index (χ1v) is 8.87. The van der Waals surface area contributed by atoms with Crippen molar-refractivity contribution in [2.75, 3.05) is 50.8 Å². The molecule has 2 aromatic rings. The van der Waals surface area contributed by atoms with Crippen LogP contribution in [0.25, 0.3) is 11.0 Å². The predicted octanol–water partition coefficient (Wildman–Crippen LogP) is 1.12. The average molecular weight is 355 g/mol. The molecule has 4 rings (SSSR count). The minimum absolute atomic E-state index is 0.0321. The number of hydrogen-bond acceptors (Lipinski definition) is 6. The third-order valence-corrected chi connectivity index (χ3v) is 4.78. The standard InChI is InChI=1S/C18H21N5O3/c24-17(13-23-10-11-26-18(23)25)22-7-3-6-21(8-9-22)16-12-19-14-4-1-2-5-15(14)20-16/h1-2,4-5,12H,3,6-11,13H2. The molecule has 0 unspecified atom stereocenters. The quantitative estimate of drug-likeness (QED) is 0.821. The molecular formula is C18H21N5O3. The second kappa shape index (κ2) is 7.15. The molecule has 1 aromatic carbocycles. The predicted molar refractivity (Wildman–Crippen MR) is 95.9 cm³/mol. The summed E-state index contributed by atoms with van der Waals surface area (Å²) in [6.45, 7) is 3.74. The van der Waals surface area contributed by atoms with Crippen molar-refractivity contribution >= 4 is 28.9 Å². The molecule has 2 aliphatic rings. The fourth-order valence-corrected chi connectivity index (χ4v) is 3.33. The molecule has 8 heteroatoms. The maximum atomic E-state index is 12.5. The van der Waals surface area contributed by atoms with Crippen LogP contribution < -0.4 is 4.90 Å². The van der Waals surface area contributed by atoms with Crippen LogP contribution in [0.15, 0.2) is 30.5 Å². The summed E-state index contributed by atoms with van der Waals surface area (Å²) in [6.07, 6.45) is 2.24. The van der Waals surface area contributed by atoms with E-state index in [0.717, 1.165) is 29.8 Å². The van der Waals surface area contributed by atoms with Gasteiger partial charge in [-0.25, -0.2) is 9.78 Å². The summed E-state index contributed by atoms with van der Waals surface area (Å²) < 4.78 is 4.88. The van der Waals surface area contributed by atoms with Crippen LogP contribution in [0.2, 0.25) is 0 Å². The molecule has 2 amide bonds. The summed E-state index contributed by atoms with van der Waals surface area (Å²) in [5.74, 6) is 0.802. The molecule has 2 aliphatic heterocycles. The number of carbonyl (C=O) groups is 2. The lowest BCUT2D eigenvalue weighted by atomic mass is 10.3. The molecule has 26 heavy (non-hydrogen) atoms. The molecule has 0 aliphatic carbocycles. The minimum atomic E-state index is -0.402. The maximum Gasteiger partial charge on any atom is 0.410 e. The Morgan fingerprint density at radius 3 is 2.73 bits per heavy atom. The van der Waals surface area contributed by atoms with E-state index in [1.165, 1.54) is 4.90 Å². The van der Waals surface area contributed by atoms with Crippen LogP contribution in [0.1, 0.15) is 6.42 Å². The van der Waals surface area contributed by atoms with Gasteiger partial charge in [-0.05, 0) is 18.6 Å². The van der Waals surface area contributed by atoms with Gasteiger partial charge >= 0.3 is 6.09 Å². The van der Waals surface area contributed by atoms with Gasteiger partial charge in [0.05, 0.1) is 23.8 Å². The minimum Gasteiger partial charge on any atom is -0.448 e. The smallest absolute Gasteiger partial charge is 0.410 e. The third kappa shape index (κ3) is 3.40. The number of aromatic nitrogens is 2. The van der Waals surface area contributed by atoms with E-state index in [1.54, 1.807) is 6.20 Å². The van der Waals surface area contributed by atoms with Crippen molar-refractivity contribution in [2.45, 2.75) is 6.42 Å². The number of carbonyl (C=O) groups excluding carboxylic acids is 2. The zero-order valence-corrected chi connectivity index (χ0v) is 14.5. The largest absolute Gasteiger partial charge is 0.448 e. The molecule has 8 nitrogen and oxygen atoms in total. The Morgan fingerprint density at radius 2 is 1.92 bits per heavy atom. The molecular weight excluding hydrogens is 334 g/mol. The van der Waals surface area contributed by atoms with Crippen LogP contribution in [0.3, 0.4) is 0 Å². The normalized spacial score (nSPS) is 18.2. The Balaban J connectivity index is 1.40. The number of fused-ring (bicyclic) bond motifs is 1. The van der Waals surface area contributed by atoms with Crippen molar-refractivity contribution in [1.82, 2.24) is 19.8 Å². The van der Waals surface area contributed by atoms with E-state index in [-0.39, 0.29) is 12.5 Å². The first-order valence-electron chi connectivity index (χ1n) is 8.87. The van der Waals surface area contributed by atoms with Crippen molar-refractivity contribution < 1.29 is 14.3 Å². The van der Waals surface area contributed by atoms with Crippen LogP contribution >= 0.6 is 0 Å². The van der Waals surface area contributed by atoms with Gasteiger partial charge < -0.3 is 14.5 Å².